The fourth-order valence-corrected chi connectivity index (χ4v) is 2.60. The van der Waals surface area contributed by atoms with Crippen LogP contribution in [0.1, 0.15) is 31.1 Å². The van der Waals surface area contributed by atoms with Gasteiger partial charge in [-0.05, 0) is 24.3 Å². The van der Waals surface area contributed by atoms with Crippen molar-refractivity contribution in [2.75, 3.05) is 25.0 Å². The van der Waals surface area contributed by atoms with Crippen molar-refractivity contribution in [3.8, 4) is 5.75 Å². The summed E-state index contributed by atoms with van der Waals surface area (Å²) in [5, 5.41) is 7.99. The van der Waals surface area contributed by atoms with Gasteiger partial charge in [-0.25, -0.2) is 0 Å². The number of carbonyl (C=O) groups excluding carboxylic acids is 4. The molecule has 1 aliphatic rings. The minimum atomic E-state index is -0.665. The van der Waals surface area contributed by atoms with Crippen molar-refractivity contribution in [1.29, 1.82) is 0 Å². The summed E-state index contributed by atoms with van der Waals surface area (Å²) in [4.78, 5) is 50.6. The largest absolute Gasteiger partial charge is 0.482 e. The van der Waals surface area contributed by atoms with Gasteiger partial charge in [-0.15, -0.1) is 0 Å². The summed E-state index contributed by atoms with van der Waals surface area (Å²) in [6.45, 7) is 0.415. The van der Waals surface area contributed by atoms with Crippen LogP contribution in [0.3, 0.4) is 0 Å². The number of nitrogens with one attached hydrogen (secondary N) is 3. The average Bonchev–Trinajstić information content (AvgIpc) is 2.75. The van der Waals surface area contributed by atoms with E-state index in [-0.39, 0.29) is 42.6 Å². The third-order valence-corrected chi connectivity index (χ3v) is 4.09. The Bertz CT molecular complexity index is 1030. The first-order valence-electron chi connectivity index (χ1n) is 8.97. The van der Waals surface area contributed by atoms with E-state index in [9.17, 15) is 19.2 Å². The molecule has 30 heavy (non-hydrogen) atoms. The van der Waals surface area contributed by atoms with E-state index >= 15 is 0 Å². The van der Waals surface area contributed by atoms with Crippen molar-refractivity contribution in [2.45, 2.75) is 0 Å². The summed E-state index contributed by atoms with van der Waals surface area (Å²) in [5.41, 5.74) is 6.36. The first-order chi connectivity index (χ1) is 14.4. The molecule has 0 spiro atoms. The minimum Gasteiger partial charge on any atom is -0.482 e. The van der Waals surface area contributed by atoms with Crippen LogP contribution in [0.2, 0.25) is 0 Å². The van der Waals surface area contributed by atoms with E-state index < -0.39 is 11.8 Å². The molecular formula is C20H19N5O5. The Balaban J connectivity index is 1.44. The van der Waals surface area contributed by atoms with E-state index in [1.807, 2.05) is 0 Å². The predicted molar refractivity (Wildman–Crippen MR) is 107 cm³/mol. The standard InChI is InChI=1S/C20H19N5O5/c21-18(27)13-7-14(10-22-9-13)20(29)24-6-2-1-5-23-19(28)12-3-4-16-15(8-12)25-17(26)11-30-16/h1-4,7-10H,5-6,11H2,(H2,21,27)(H,23,28)(H,24,29)(H,25,26)/b2-1+. The van der Waals surface area contributed by atoms with E-state index in [0.717, 1.165) is 0 Å². The quantitative estimate of drug-likeness (QED) is 0.480. The molecule has 3 rings (SSSR count). The van der Waals surface area contributed by atoms with E-state index in [1.54, 1.807) is 30.4 Å². The number of aromatic nitrogens is 1. The molecule has 1 aliphatic heterocycles. The highest BCUT2D eigenvalue weighted by Gasteiger charge is 2.17. The van der Waals surface area contributed by atoms with Gasteiger partial charge in [-0.3, -0.25) is 24.2 Å². The maximum absolute atomic E-state index is 12.2. The number of amides is 4. The maximum Gasteiger partial charge on any atom is 0.262 e. The monoisotopic (exact) mass is 409 g/mol. The summed E-state index contributed by atoms with van der Waals surface area (Å²) in [7, 11) is 0. The van der Waals surface area contributed by atoms with Gasteiger partial charge in [-0.2, -0.15) is 0 Å². The number of nitrogens with zero attached hydrogens (tertiary/aromatic N) is 1. The lowest BCUT2D eigenvalue weighted by Gasteiger charge is -2.18. The second-order valence-electron chi connectivity index (χ2n) is 6.27. The fourth-order valence-electron chi connectivity index (χ4n) is 2.60. The Morgan fingerprint density at radius 3 is 2.40 bits per heavy atom. The van der Waals surface area contributed by atoms with Crippen LogP contribution in [0.15, 0.2) is 48.8 Å². The summed E-state index contributed by atoms with van der Waals surface area (Å²) in [6, 6.07) is 6.13. The lowest BCUT2D eigenvalue weighted by atomic mass is 10.1. The van der Waals surface area contributed by atoms with Crippen LogP contribution in [-0.2, 0) is 4.79 Å². The highest BCUT2D eigenvalue weighted by atomic mass is 16.5. The second-order valence-corrected chi connectivity index (χ2v) is 6.27. The normalized spacial score (nSPS) is 12.5. The van der Waals surface area contributed by atoms with Gasteiger partial charge < -0.3 is 26.4 Å². The predicted octanol–water partition coefficient (Wildman–Crippen LogP) is 0.227. The molecule has 0 bridgehead atoms. The number of carbonyl (C=O) groups is 4. The first-order valence-corrected chi connectivity index (χ1v) is 8.97. The van der Waals surface area contributed by atoms with Crippen LogP contribution in [0.25, 0.3) is 0 Å². The van der Waals surface area contributed by atoms with Crippen LogP contribution in [0.4, 0.5) is 5.69 Å². The SMILES string of the molecule is NC(=O)c1cncc(C(=O)NC/C=C/CNC(=O)c2ccc3c(c2)NC(=O)CO3)c1. The molecule has 10 nitrogen and oxygen atoms in total. The number of hydrogen-bond acceptors (Lipinski definition) is 6. The zero-order chi connectivity index (χ0) is 21.5. The summed E-state index contributed by atoms with van der Waals surface area (Å²) < 4.78 is 5.25. The molecule has 10 heteroatoms. The number of pyridine rings is 1. The first kappa shape index (κ1) is 20.5. The van der Waals surface area contributed by atoms with Crippen LogP contribution in [0.5, 0.6) is 5.75 Å². The number of nitrogens with two attached hydrogens (primary N) is 1. The second kappa shape index (κ2) is 9.32. The minimum absolute atomic E-state index is 0.0486. The fraction of sp³-hybridized carbons (Fsp3) is 0.150. The summed E-state index contributed by atoms with van der Waals surface area (Å²) in [5.74, 6) is -1.15. The van der Waals surface area contributed by atoms with Crippen molar-refractivity contribution in [1.82, 2.24) is 15.6 Å². The van der Waals surface area contributed by atoms with Crippen LogP contribution < -0.4 is 26.4 Å². The molecule has 2 aromatic rings. The Morgan fingerprint density at radius 2 is 1.70 bits per heavy atom. The van der Waals surface area contributed by atoms with Gasteiger partial charge in [0.1, 0.15) is 5.75 Å². The van der Waals surface area contributed by atoms with Gasteiger partial charge in [-0.1, -0.05) is 12.2 Å². The van der Waals surface area contributed by atoms with Crippen LogP contribution >= 0.6 is 0 Å². The lowest BCUT2D eigenvalue weighted by Crippen LogP contribution is -2.27. The third kappa shape index (κ3) is 5.19. The topological polar surface area (TPSA) is 153 Å². The number of ether oxygens (including phenoxy) is 1. The Kier molecular flexibility index (Phi) is 6.38. The highest BCUT2D eigenvalue weighted by Crippen LogP contribution is 2.28. The number of anilines is 1. The molecule has 5 N–H and O–H groups in total. The van der Waals surface area contributed by atoms with Gasteiger partial charge in [0.05, 0.1) is 16.8 Å². The molecule has 0 atom stereocenters. The summed E-state index contributed by atoms with van der Waals surface area (Å²) in [6.07, 6.45) is 5.97. The van der Waals surface area contributed by atoms with Gasteiger partial charge in [0.15, 0.2) is 6.61 Å². The van der Waals surface area contributed by atoms with Crippen molar-refractivity contribution >= 4 is 29.3 Å². The molecule has 0 saturated carbocycles. The van der Waals surface area contributed by atoms with Crippen molar-refractivity contribution < 1.29 is 23.9 Å². The van der Waals surface area contributed by atoms with E-state index in [2.05, 4.69) is 20.9 Å². The van der Waals surface area contributed by atoms with Gasteiger partial charge in [0.25, 0.3) is 17.7 Å². The molecule has 0 radical (unpaired) electrons. The van der Waals surface area contributed by atoms with Crippen molar-refractivity contribution in [3.05, 3.63) is 65.5 Å². The Labute approximate surface area is 171 Å². The Hall–Kier alpha value is -4.21. The number of benzene rings is 1. The Morgan fingerprint density at radius 1 is 1.03 bits per heavy atom. The van der Waals surface area contributed by atoms with E-state index in [0.29, 0.717) is 17.0 Å². The number of fused-ring (bicyclic) bond motifs is 1. The smallest absolute Gasteiger partial charge is 0.262 e. The molecule has 0 aliphatic carbocycles. The molecule has 1 aromatic heterocycles. The highest BCUT2D eigenvalue weighted by molar-refractivity contribution is 6.00. The van der Waals surface area contributed by atoms with Crippen LogP contribution in [0, 0.1) is 0 Å². The average molecular weight is 409 g/mol. The zero-order valence-corrected chi connectivity index (χ0v) is 15.8. The van der Waals surface area contributed by atoms with E-state index in [1.165, 1.54) is 18.5 Å². The lowest BCUT2D eigenvalue weighted by molar-refractivity contribution is -0.118. The maximum atomic E-state index is 12.2. The van der Waals surface area contributed by atoms with Gasteiger partial charge in [0, 0.05) is 31.0 Å². The molecule has 0 saturated heterocycles. The molecule has 0 fully saturated rings. The van der Waals surface area contributed by atoms with E-state index in [4.69, 9.17) is 10.5 Å². The zero-order valence-electron chi connectivity index (χ0n) is 15.8. The van der Waals surface area contributed by atoms with Crippen molar-refractivity contribution in [2.24, 2.45) is 5.73 Å². The van der Waals surface area contributed by atoms with Gasteiger partial charge >= 0.3 is 0 Å². The molecular weight excluding hydrogens is 390 g/mol. The molecule has 4 amide bonds. The number of hydrogen-bond donors (Lipinski definition) is 4. The number of rotatable bonds is 7. The molecule has 0 unspecified atom stereocenters. The molecule has 154 valence electrons. The van der Waals surface area contributed by atoms with Gasteiger partial charge in [0.2, 0.25) is 5.91 Å². The molecule has 2 heterocycles. The van der Waals surface area contributed by atoms with Crippen LogP contribution in [-0.4, -0.2) is 48.3 Å². The summed E-state index contributed by atoms with van der Waals surface area (Å²) >= 11 is 0. The number of primary amides is 1. The third-order valence-electron chi connectivity index (χ3n) is 4.09. The molecule has 1 aromatic carbocycles. The van der Waals surface area contributed by atoms with Crippen molar-refractivity contribution in [3.63, 3.8) is 0 Å².